The van der Waals surface area contributed by atoms with Gasteiger partial charge in [-0.2, -0.15) is 0 Å². The number of halogens is 1. The third-order valence-electron chi connectivity index (χ3n) is 2.30. The lowest BCUT2D eigenvalue weighted by molar-refractivity contribution is 0.101. The first-order chi connectivity index (χ1) is 7.58. The molecule has 2 N–H and O–H groups in total. The van der Waals surface area contributed by atoms with E-state index in [2.05, 4.69) is 15.9 Å². The molecule has 0 aliphatic heterocycles. The van der Waals surface area contributed by atoms with Crippen molar-refractivity contribution in [3.8, 4) is 0 Å². The third kappa shape index (κ3) is 2.02. The van der Waals surface area contributed by atoms with E-state index in [4.69, 9.17) is 10.2 Å². The van der Waals surface area contributed by atoms with Crippen LogP contribution in [0.15, 0.2) is 39.4 Å². The van der Waals surface area contributed by atoms with Crippen molar-refractivity contribution in [3.05, 3.63) is 51.9 Å². The average Bonchev–Trinajstić information content (AvgIpc) is 2.67. The van der Waals surface area contributed by atoms with E-state index in [1.807, 2.05) is 13.0 Å². The Balaban J connectivity index is 2.45. The number of hydrogen-bond donors (Lipinski definition) is 1. The molecule has 0 bridgehead atoms. The van der Waals surface area contributed by atoms with Gasteiger partial charge in [-0.3, -0.25) is 4.79 Å². The maximum atomic E-state index is 12.1. The summed E-state index contributed by atoms with van der Waals surface area (Å²) < 4.78 is 5.76. The highest BCUT2D eigenvalue weighted by molar-refractivity contribution is 9.10. The highest BCUT2D eigenvalue weighted by Crippen LogP contribution is 2.20. The first-order valence-electron chi connectivity index (χ1n) is 4.74. The lowest BCUT2D eigenvalue weighted by Crippen LogP contribution is -2.03. The van der Waals surface area contributed by atoms with Gasteiger partial charge in [-0.15, -0.1) is 0 Å². The van der Waals surface area contributed by atoms with Crippen LogP contribution in [0.2, 0.25) is 0 Å². The van der Waals surface area contributed by atoms with E-state index in [-0.39, 0.29) is 5.78 Å². The van der Waals surface area contributed by atoms with Gasteiger partial charge < -0.3 is 10.2 Å². The lowest BCUT2D eigenvalue weighted by Gasteiger charge is -2.03. The minimum Gasteiger partial charge on any atom is -0.446 e. The zero-order valence-electron chi connectivity index (χ0n) is 8.66. The smallest absolute Gasteiger partial charge is 0.228 e. The standard InChI is InChI=1S/C12H10BrNO2/c1-7-2-3-8(14)6-9(7)12(15)10-4-5-11(13)16-10/h2-6H,14H2,1H3. The molecule has 0 radical (unpaired) electrons. The lowest BCUT2D eigenvalue weighted by atomic mass is 10.0. The molecule has 1 aromatic heterocycles. The van der Waals surface area contributed by atoms with Crippen LogP contribution in [-0.4, -0.2) is 5.78 Å². The third-order valence-corrected chi connectivity index (χ3v) is 2.73. The second-order valence-corrected chi connectivity index (χ2v) is 4.29. The summed E-state index contributed by atoms with van der Waals surface area (Å²) in [4.78, 5) is 12.1. The average molecular weight is 280 g/mol. The number of rotatable bonds is 2. The number of ketones is 1. The Morgan fingerprint density at radius 2 is 2.06 bits per heavy atom. The van der Waals surface area contributed by atoms with Crippen LogP contribution < -0.4 is 5.73 Å². The summed E-state index contributed by atoms with van der Waals surface area (Å²) in [5.74, 6) is 0.149. The number of furan rings is 1. The van der Waals surface area contributed by atoms with Crippen molar-refractivity contribution in [1.29, 1.82) is 0 Å². The first kappa shape index (κ1) is 11.0. The summed E-state index contributed by atoms with van der Waals surface area (Å²) in [5.41, 5.74) is 7.68. The molecule has 0 unspecified atom stereocenters. The molecule has 2 rings (SSSR count). The molecular weight excluding hydrogens is 270 g/mol. The van der Waals surface area contributed by atoms with E-state index >= 15 is 0 Å². The summed E-state index contributed by atoms with van der Waals surface area (Å²) in [7, 11) is 0. The summed E-state index contributed by atoms with van der Waals surface area (Å²) >= 11 is 3.16. The van der Waals surface area contributed by atoms with Crippen LogP contribution in [0.4, 0.5) is 5.69 Å². The van der Waals surface area contributed by atoms with Gasteiger partial charge in [-0.05, 0) is 52.7 Å². The normalized spacial score (nSPS) is 10.4. The molecule has 0 aliphatic rings. The fourth-order valence-corrected chi connectivity index (χ4v) is 1.76. The van der Waals surface area contributed by atoms with Gasteiger partial charge in [-0.25, -0.2) is 0 Å². The molecule has 82 valence electrons. The molecular formula is C12H10BrNO2. The fraction of sp³-hybridized carbons (Fsp3) is 0.0833. The quantitative estimate of drug-likeness (QED) is 0.679. The van der Waals surface area contributed by atoms with Crippen molar-refractivity contribution in [2.75, 3.05) is 5.73 Å². The zero-order chi connectivity index (χ0) is 11.7. The largest absolute Gasteiger partial charge is 0.446 e. The number of carbonyl (C=O) groups is 1. The monoisotopic (exact) mass is 279 g/mol. The Morgan fingerprint density at radius 1 is 1.31 bits per heavy atom. The highest BCUT2D eigenvalue weighted by atomic mass is 79.9. The molecule has 0 fully saturated rings. The molecule has 0 saturated heterocycles. The molecule has 3 nitrogen and oxygen atoms in total. The van der Waals surface area contributed by atoms with E-state index in [1.54, 1.807) is 24.3 Å². The predicted octanol–water partition coefficient (Wildman–Crippen LogP) is 3.16. The minimum atomic E-state index is -0.157. The number of nitrogen functional groups attached to an aromatic ring is 1. The Bertz CT molecular complexity index is 546. The van der Waals surface area contributed by atoms with Crippen molar-refractivity contribution in [3.63, 3.8) is 0 Å². The van der Waals surface area contributed by atoms with E-state index in [9.17, 15) is 4.79 Å². The summed E-state index contributed by atoms with van der Waals surface area (Å²) in [6, 6.07) is 8.57. The number of benzene rings is 1. The second-order valence-electron chi connectivity index (χ2n) is 3.51. The van der Waals surface area contributed by atoms with E-state index < -0.39 is 0 Å². The molecule has 1 aromatic carbocycles. The van der Waals surface area contributed by atoms with Gasteiger partial charge in [0.05, 0.1) is 0 Å². The maximum absolute atomic E-state index is 12.1. The van der Waals surface area contributed by atoms with Gasteiger partial charge in [0.2, 0.25) is 5.78 Å². The Hall–Kier alpha value is -1.55. The molecule has 0 saturated carbocycles. The van der Waals surface area contributed by atoms with Crippen LogP contribution in [0, 0.1) is 6.92 Å². The fourth-order valence-electron chi connectivity index (χ4n) is 1.45. The molecule has 0 aliphatic carbocycles. The van der Waals surface area contributed by atoms with Gasteiger partial charge in [0.1, 0.15) is 0 Å². The van der Waals surface area contributed by atoms with E-state index in [0.717, 1.165) is 5.56 Å². The van der Waals surface area contributed by atoms with Gasteiger partial charge in [0, 0.05) is 11.3 Å². The van der Waals surface area contributed by atoms with Crippen LogP contribution in [0.1, 0.15) is 21.7 Å². The van der Waals surface area contributed by atoms with Crippen LogP contribution in [0.25, 0.3) is 0 Å². The SMILES string of the molecule is Cc1ccc(N)cc1C(=O)c1ccc(Br)o1. The van der Waals surface area contributed by atoms with Crippen molar-refractivity contribution in [2.24, 2.45) is 0 Å². The molecule has 0 atom stereocenters. The highest BCUT2D eigenvalue weighted by Gasteiger charge is 2.15. The van der Waals surface area contributed by atoms with Crippen LogP contribution >= 0.6 is 15.9 Å². The van der Waals surface area contributed by atoms with Gasteiger partial charge in [0.25, 0.3) is 0 Å². The minimum absolute atomic E-state index is 0.157. The van der Waals surface area contributed by atoms with Gasteiger partial charge in [0.15, 0.2) is 10.4 Å². The van der Waals surface area contributed by atoms with Gasteiger partial charge >= 0.3 is 0 Å². The van der Waals surface area contributed by atoms with E-state index in [1.165, 1.54) is 0 Å². The number of hydrogen-bond acceptors (Lipinski definition) is 3. The second kappa shape index (κ2) is 4.14. The maximum Gasteiger partial charge on any atom is 0.228 e. The number of carbonyl (C=O) groups excluding carboxylic acids is 1. The molecule has 4 heteroatoms. The van der Waals surface area contributed by atoms with Crippen molar-refractivity contribution >= 4 is 27.4 Å². The number of anilines is 1. The summed E-state index contributed by atoms with van der Waals surface area (Å²) in [6.07, 6.45) is 0. The Labute approximate surface area is 101 Å². The van der Waals surface area contributed by atoms with Crippen molar-refractivity contribution < 1.29 is 9.21 Å². The van der Waals surface area contributed by atoms with Crippen LogP contribution in [-0.2, 0) is 0 Å². The number of nitrogens with two attached hydrogens (primary N) is 1. The molecule has 16 heavy (non-hydrogen) atoms. The zero-order valence-corrected chi connectivity index (χ0v) is 10.2. The van der Waals surface area contributed by atoms with Crippen molar-refractivity contribution in [1.82, 2.24) is 0 Å². The van der Waals surface area contributed by atoms with Crippen molar-refractivity contribution in [2.45, 2.75) is 6.92 Å². The van der Waals surface area contributed by atoms with Gasteiger partial charge in [-0.1, -0.05) is 6.07 Å². The molecule has 2 aromatic rings. The molecule has 0 amide bonds. The molecule has 0 spiro atoms. The molecule has 1 heterocycles. The summed E-state index contributed by atoms with van der Waals surface area (Å²) in [5, 5.41) is 0. The Kier molecular flexibility index (Phi) is 2.83. The Morgan fingerprint density at radius 3 is 2.69 bits per heavy atom. The predicted molar refractivity (Wildman–Crippen MR) is 65.4 cm³/mol. The van der Waals surface area contributed by atoms with Crippen LogP contribution in [0.3, 0.4) is 0 Å². The van der Waals surface area contributed by atoms with Crippen LogP contribution in [0.5, 0.6) is 0 Å². The topological polar surface area (TPSA) is 56.2 Å². The van der Waals surface area contributed by atoms with E-state index in [0.29, 0.717) is 21.7 Å². The first-order valence-corrected chi connectivity index (χ1v) is 5.53. The number of aryl methyl sites for hydroxylation is 1. The summed E-state index contributed by atoms with van der Waals surface area (Å²) in [6.45, 7) is 1.87.